The number of aryl methyl sites for hydroxylation is 1. The molecule has 2 nitrogen and oxygen atoms in total. The highest BCUT2D eigenvalue weighted by Gasteiger charge is 2.18. The van der Waals surface area contributed by atoms with Crippen LogP contribution in [0.3, 0.4) is 0 Å². The van der Waals surface area contributed by atoms with Crippen molar-refractivity contribution >= 4 is 0 Å². The van der Waals surface area contributed by atoms with Gasteiger partial charge in [-0.1, -0.05) is 32.9 Å². The third-order valence-electron chi connectivity index (χ3n) is 3.05. The van der Waals surface area contributed by atoms with Crippen molar-refractivity contribution in [2.24, 2.45) is 0 Å². The van der Waals surface area contributed by atoms with E-state index < -0.39 is 0 Å². The Bertz CT molecular complexity index is 422. The summed E-state index contributed by atoms with van der Waals surface area (Å²) in [5, 5.41) is 13.6. The van der Waals surface area contributed by atoms with Crippen LogP contribution in [0.4, 0.5) is 0 Å². The van der Waals surface area contributed by atoms with E-state index in [1.807, 2.05) is 6.92 Å². The Morgan fingerprint density at radius 2 is 1.61 bits per heavy atom. The summed E-state index contributed by atoms with van der Waals surface area (Å²) in [5.41, 5.74) is 3.36. The molecule has 1 aromatic rings. The van der Waals surface area contributed by atoms with Gasteiger partial charge in [0.2, 0.25) is 0 Å². The van der Waals surface area contributed by atoms with E-state index >= 15 is 0 Å². The molecular formula is C16H27NO. The molecule has 0 saturated carbocycles. The Morgan fingerprint density at radius 3 is 2.06 bits per heavy atom. The smallest absolute Gasteiger partial charge is 0.122 e. The summed E-state index contributed by atoms with van der Waals surface area (Å²) in [4.78, 5) is 0. The van der Waals surface area contributed by atoms with Crippen LogP contribution in [0, 0.1) is 6.92 Å². The lowest BCUT2D eigenvalue weighted by molar-refractivity contribution is 0.410. The van der Waals surface area contributed by atoms with Crippen molar-refractivity contribution in [1.82, 2.24) is 5.32 Å². The summed E-state index contributed by atoms with van der Waals surface area (Å²) in [7, 11) is 0. The summed E-state index contributed by atoms with van der Waals surface area (Å²) in [5.74, 6) is 0.416. The molecule has 0 aliphatic rings. The minimum absolute atomic E-state index is 0.0537. The lowest BCUT2D eigenvalue weighted by Crippen LogP contribution is -2.35. The van der Waals surface area contributed by atoms with Crippen LogP contribution < -0.4 is 5.32 Å². The fourth-order valence-corrected chi connectivity index (χ4v) is 1.78. The van der Waals surface area contributed by atoms with E-state index in [0.29, 0.717) is 12.3 Å². The molecule has 2 heteroatoms. The second-order valence-electron chi connectivity index (χ2n) is 7.15. The van der Waals surface area contributed by atoms with Gasteiger partial charge in [0.25, 0.3) is 0 Å². The standard InChI is InChI=1S/C16H27NO/c1-11-8-13(15(2,3)4)9-12(14(11)18)10-17-16(5,6)7/h8-9,17-18H,10H2,1-7H3. The molecule has 1 rings (SSSR count). The van der Waals surface area contributed by atoms with Gasteiger partial charge in [0.05, 0.1) is 0 Å². The highest BCUT2D eigenvalue weighted by Crippen LogP contribution is 2.30. The lowest BCUT2D eigenvalue weighted by Gasteiger charge is -2.24. The van der Waals surface area contributed by atoms with Crippen LogP contribution in [0.2, 0.25) is 0 Å². The molecule has 0 radical (unpaired) electrons. The first kappa shape index (κ1) is 15.0. The van der Waals surface area contributed by atoms with Crippen molar-refractivity contribution in [2.45, 2.75) is 66.0 Å². The van der Waals surface area contributed by atoms with E-state index in [9.17, 15) is 5.11 Å². The summed E-state index contributed by atoms with van der Waals surface area (Å²) in [6.45, 7) is 15.6. The second-order valence-corrected chi connectivity index (χ2v) is 7.15. The monoisotopic (exact) mass is 249 g/mol. The van der Waals surface area contributed by atoms with E-state index in [4.69, 9.17) is 0 Å². The predicted octanol–water partition coefficient (Wildman–Crippen LogP) is 3.89. The number of aromatic hydroxyl groups is 1. The average molecular weight is 249 g/mol. The van der Waals surface area contributed by atoms with Crippen LogP contribution in [0.1, 0.15) is 58.2 Å². The largest absolute Gasteiger partial charge is 0.507 e. The Kier molecular flexibility index (Phi) is 4.12. The Labute approximate surface area is 111 Å². The minimum atomic E-state index is 0.0537. The van der Waals surface area contributed by atoms with Gasteiger partial charge in [-0.3, -0.25) is 0 Å². The van der Waals surface area contributed by atoms with Crippen molar-refractivity contribution in [3.63, 3.8) is 0 Å². The zero-order valence-corrected chi connectivity index (χ0v) is 12.8. The molecule has 0 atom stereocenters. The van der Waals surface area contributed by atoms with Gasteiger partial charge in [0.15, 0.2) is 0 Å². The lowest BCUT2D eigenvalue weighted by atomic mass is 9.85. The van der Waals surface area contributed by atoms with E-state index in [1.54, 1.807) is 0 Å². The van der Waals surface area contributed by atoms with Crippen molar-refractivity contribution in [3.05, 3.63) is 28.8 Å². The summed E-state index contributed by atoms with van der Waals surface area (Å²) < 4.78 is 0. The number of benzene rings is 1. The average Bonchev–Trinajstić information content (AvgIpc) is 2.17. The van der Waals surface area contributed by atoms with E-state index in [0.717, 1.165) is 11.1 Å². The first-order valence-corrected chi connectivity index (χ1v) is 6.59. The van der Waals surface area contributed by atoms with E-state index in [-0.39, 0.29) is 11.0 Å². The molecule has 1 aromatic carbocycles. The first-order chi connectivity index (χ1) is 8.00. The molecule has 0 unspecified atom stereocenters. The highest BCUT2D eigenvalue weighted by molar-refractivity contribution is 5.45. The van der Waals surface area contributed by atoms with Crippen LogP contribution in [0.15, 0.2) is 12.1 Å². The van der Waals surface area contributed by atoms with Gasteiger partial charge < -0.3 is 10.4 Å². The molecular weight excluding hydrogens is 222 g/mol. The Morgan fingerprint density at radius 1 is 1.06 bits per heavy atom. The third-order valence-corrected chi connectivity index (χ3v) is 3.05. The van der Waals surface area contributed by atoms with E-state index in [1.165, 1.54) is 5.56 Å². The zero-order valence-electron chi connectivity index (χ0n) is 12.8. The summed E-state index contributed by atoms with van der Waals surface area (Å²) in [6.07, 6.45) is 0. The topological polar surface area (TPSA) is 32.3 Å². The van der Waals surface area contributed by atoms with Crippen LogP contribution >= 0.6 is 0 Å². The van der Waals surface area contributed by atoms with Crippen molar-refractivity contribution < 1.29 is 5.11 Å². The maximum Gasteiger partial charge on any atom is 0.122 e. The van der Waals surface area contributed by atoms with Crippen LogP contribution in [-0.2, 0) is 12.0 Å². The van der Waals surface area contributed by atoms with Gasteiger partial charge in [-0.15, -0.1) is 0 Å². The van der Waals surface area contributed by atoms with Gasteiger partial charge in [0.1, 0.15) is 5.75 Å². The van der Waals surface area contributed by atoms with Crippen molar-refractivity contribution in [3.8, 4) is 5.75 Å². The number of hydrogen-bond acceptors (Lipinski definition) is 2. The maximum absolute atomic E-state index is 10.1. The fraction of sp³-hybridized carbons (Fsp3) is 0.625. The third kappa shape index (κ3) is 4.02. The van der Waals surface area contributed by atoms with E-state index in [2.05, 4.69) is 59.0 Å². The number of hydrogen-bond donors (Lipinski definition) is 2. The normalized spacial score (nSPS) is 12.8. The maximum atomic E-state index is 10.1. The molecule has 0 aromatic heterocycles. The number of phenolic OH excluding ortho intramolecular Hbond substituents is 1. The number of nitrogens with one attached hydrogen (secondary N) is 1. The molecule has 0 amide bonds. The van der Waals surface area contributed by atoms with Gasteiger partial charge in [-0.2, -0.15) is 0 Å². The van der Waals surface area contributed by atoms with Gasteiger partial charge in [-0.05, 0) is 44.2 Å². The minimum Gasteiger partial charge on any atom is -0.507 e. The van der Waals surface area contributed by atoms with Crippen LogP contribution in [0.5, 0.6) is 5.75 Å². The number of phenols is 1. The highest BCUT2D eigenvalue weighted by atomic mass is 16.3. The quantitative estimate of drug-likeness (QED) is 0.833. The predicted molar refractivity (Wildman–Crippen MR) is 78.1 cm³/mol. The molecule has 0 bridgehead atoms. The number of rotatable bonds is 2. The molecule has 0 spiro atoms. The molecule has 0 aliphatic heterocycles. The fourth-order valence-electron chi connectivity index (χ4n) is 1.78. The second kappa shape index (κ2) is 4.93. The van der Waals surface area contributed by atoms with Crippen LogP contribution in [-0.4, -0.2) is 10.6 Å². The molecule has 0 saturated heterocycles. The van der Waals surface area contributed by atoms with Crippen molar-refractivity contribution in [2.75, 3.05) is 0 Å². The Hall–Kier alpha value is -1.02. The summed E-state index contributed by atoms with van der Waals surface area (Å²) >= 11 is 0. The van der Waals surface area contributed by atoms with Gasteiger partial charge in [0, 0.05) is 17.6 Å². The first-order valence-electron chi connectivity index (χ1n) is 6.59. The zero-order chi connectivity index (χ0) is 14.1. The molecule has 102 valence electrons. The molecule has 2 N–H and O–H groups in total. The molecule has 18 heavy (non-hydrogen) atoms. The SMILES string of the molecule is Cc1cc(C(C)(C)C)cc(CNC(C)(C)C)c1O. The van der Waals surface area contributed by atoms with Crippen LogP contribution in [0.25, 0.3) is 0 Å². The van der Waals surface area contributed by atoms with Gasteiger partial charge >= 0.3 is 0 Å². The molecule has 0 fully saturated rings. The summed E-state index contributed by atoms with van der Waals surface area (Å²) in [6, 6.07) is 4.19. The molecule has 0 aliphatic carbocycles. The van der Waals surface area contributed by atoms with Gasteiger partial charge in [-0.25, -0.2) is 0 Å². The Balaban J connectivity index is 3.07. The molecule has 0 heterocycles. The van der Waals surface area contributed by atoms with Crippen molar-refractivity contribution in [1.29, 1.82) is 0 Å².